The van der Waals surface area contributed by atoms with Gasteiger partial charge < -0.3 is 15.3 Å². The Morgan fingerprint density at radius 3 is 2.34 bits per heavy atom. The molecule has 0 aromatic heterocycles. The number of likely N-dealkylation sites (tertiary alicyclic amines) is 1. The lowest BCUT2D eigenvalue weighted by molar-refractivity contribution is -0.139. The van der Waals surface area contributed by atoms with E-state index in [9.17, 15) is 19.5 Å². The predicted octanol–water partition coefficient (Wildman–Crippen LogP) is 3.66. The van der Waals surface area contributed by atoms with Crippen molar-refractivity contribution < 1.29 is 19.5 Å². The number of carbonyl (C=O) groups is 3. The number of ketones is 1. The Morgan fingerprint density at radius 2 is 1.76 bits per heavy atom. The number of amides is 2. The molecule has 0 unspecified atom stereocenters. The minimum atomic E-state index is -0.771. The minimum absolute atomic E-state index is 0.00229. The third-order valence-corrected chi connectivity index (χ3v) is 5.35. The number of aliphatic hydroxyl groups excluding tert-OH is 1. The summed E-state index contributed by atoms with van der Waals surface area (Å²) in [7, 11) is 0. The van der Waals surface area contributed by atoms with E-state index in [0.29, 0.717) is 16.1 Å². The average Bonchev–Trinajstić information content (AvgIpc) is 2.93. The van der Waals surface area contributed by atoms with Crippen LogP contribution < -0.4 is 5.32 Å². The van der Waals surface area contributed by atoms with Crippen molar-refractivity contribution >= 4 is 50.9 Å². The van der Waals surface area contributed by atoms with Gasteiger partial charge in [0.2, 0.25) is 5.91 Å². The van der Waals surface area contributed by atoms with Gasteiger partial charge in [-0.25, -0.2) is 0 Å². The minimum Gasteiger partial charge on any atom is -0.507 e. The molecule has 1 saturated heterocycles. The first-order valence-electron chi connectivity index (χ1n) is 8.84. The fraction of sp³-hybridized carbons (Fsp3) is 0.190. The van der Waals surface area contributed by atoms with E-state index in [1.165, 1.54) is 11.8 Å². The van der Waals surface area contributed by atoms with E-state index in [1.54, 1.807) is 48.5 Å². The maximum atomic E-state index is 12.8. The topological polar surface area (TPSA) is 86.7 Å². The van der Waals surface area contributed by atoms with Crippen LogP contribution in [0.15, 0.2) is 58.6 Å². The summed E-state index contributed by atoms with van der Waals surface area (Å²) in [5, 5.41) is 14.0. The standard InChI is InChI=1S/C21H18BrClN2O4/c1-12(26)24-10-11-25-18(13-2-6-15(22)7-3-13)17(20(28)21(25)29)19(27)14-4-8-16(23)9-5-14/h2-9,18,27H,10-11H2,1H3,(H,24,26)/b19-17+/t18-/m1/s1. The zero-order chi connectivity index (χ0) is 21.1. The van der Waals surface area contributed by atoms with E-state index in [2.05, 4.69) is 21.2 Å². The first-order valence-corrected chi connectivity index (χ1v) is 10.0. The first kappa shape index (κ1) is 21.1. The van der Waals surface area contributed by atoms with Crippen molar-refractivity contribution in [3.8, 4) is 0 Å². The summed E-state index contributed by atoms with van der Waals surface area (Å²) in [6, 6.07) is 12.7. The molecule has 6 nitrogen and oxygen atoms in total. The third kappa shape index (κ3) is 4.52. The molecule has 0 spiro atoms. The Balaban J connectivity index is 2.08. The molecule has 1 heterocycles. The summed E-state index contributed by atoms with van der Waals surface area (Å²) in [6.07, 6.45) is 0. The van der Waals surface area contributed by atoms with Crippen LogP contribution in [0.1, 0.15) is 24.1 Å². The molecule has 0 radical (unpaired) electrons. The number of hydrogen-bond donors (Lipinski definition) is 2. The lowest BCUT2D eigenvalue weighted by Gasteiger charge is -2.25. The second-order valence-corrected chi connectivity index (χ2v) is 7.89. The highest BCUT2D eigenvalue weighted by Crippen LogP contribution is 2.39. The molecule has 1 fully saturated rings. The van der Waals surface area contributed by atoms with E-state index in [4.69, 9.17) is 11.6 Å². The van der Waals surface area contributed by atoms with E-state index in [0.717, 1.165) is 4.47 Å². The van der Waals surface area contributed by atoms with Crippen LogP contribution in [0.5, 0.6) is 0 Å². The van der Waals surface area contributed by atoms with Crippen LogP contribution in [-0.2, 0) is 14.4 Å². The van der Waals surface area contributed by atoms with Crippen molar-refractivity contribution in [3.05, 3.63) is 74.7 Å². The van der Waals surface area contributed by atoms with Crippen molar-refractivity contribution in [2.45, 2.75) is 13.0 Å². The van der Waals surface area contributed by atoms with Crippen LogP contribution in [0.4, 0.5) is 0 Å². The summed E-state index contributed by atoms with van der Waals surface area (Å²) >= 11 is 9.28. The summed E-state index contributed by atoms with van der Waals surface area (Å²) in [6.45, 7) is 1.69. The Labute approximate surface area is 181 Å². The molecule has 1 aliphatic heterocycles. The van der Waals surface area contributed by atoms with Crippen LogP contribution in [0.25, 0.3) is 5.76 Å². The van der Waals surface area contributed by atoms with Gasteiger partial charge in [-0.15, -0.1) is 0 Å². The first-order chi connectivity index (χ1) is 13.8. The van der Waals surface area contributed by atoms with Crippen molar-refractivity contribution in [2.75, 3.05) is 13.1 Å². The zero-order valence-corrected chi connectivity index (χ0v) is 17.8. The van der Waals surface area contributed by atoms with Crippen molar-refractivity contribution in [2.24, 2.45) is 0 Å². The maximum Gasteiger partial charge on any atom is 0.295 e. The molecule has 2 aromatic carbocycles. The lowest BCUT2D eigenvalue weighted by atomic mass is 9.95. The highest BCUT2D eigenvalue weighted by Gasteiger charge is 2.45. The normalized spacial score (nSPS) is 18.2. The molecule has 2 N–H and O–H groups in total. The van der Waals surface area contributed by atoms with E-state index < -0.39 is 17.7 Å². The molecule has 29 heavy (non-hydrogen) atoms. The highest BCUT2D eigenvalue weighted by molar-refractivity contribution is 9.10. The van der Waals surface area contributed by atoms with Crippen molar-refractivity contribution in [1.82, 2.24) is 10.2 Å². The second kappa shape index (κ2) is 8.80. The SMILES string of the molecule is CC(=O)NCCN1C(=O)C(=O)/C(=C(/O)c2ccc(Cl)cc2)[C@H]1c1ccc(Br)cc1. The van der Waals surface area contributed by atoms with Gasteiger partial charge in [0.25, 0.3) is 11.7 Å². The zero-order valence-electron chi connectivity index (χ0n) is 15.5. The molecule has 2 amide bonds. The monoisotopic (exact) mass is 476 g/mol. The highest BCUT2D eigenvalue weighted by atomic mass is 79.9. The van der Waals surface area contributed by atoms with Gasteiger partial charge >= 0.3 is 0 Å². The number of nitrogens with zero attached hydrogens (tertiary/aromatic N) is 1. The summed E-state index contributed by atoms with van der Waals surface area (Å²) < 4.78 is 0.842. The predicted molar refractivity (Wildman–Crippen MR) is 113 cm³/mol. The van der Waals surface area contributed by atoms with Crippen LogP contribution in [0, 0.1) is 0 Å². The Kier molecular flexibility index (Phi) is 6.39. The number of hydrogen-bond acceptors (Lipinski definition) is 4. The summed E-state index contributed by atoms with van der Waals surface area (Å²) in [5.74, 6) is -2.00. The molecule has 0 bridgehead atoms. The number of rotatable bonds is 5. The number of carbonyl (C=O) groups excluding carboxylic acids is 3. The van der Waals surface area contributed by atoms with Gasteiger partial charge in [-0.1, -0.05) is 39.7 Å². The van der Waals surface area contributed by atoms with Crippen LogP contribution in [-0.4, -0.2) is 40.7 Å². The lowest BCUT2D eigenvalue weighted by Crippen LogP contribution is -2.37. The van der Waals surface area contributed by atoms with Gasteiger partial charge in [0.05, 0.1) is 11.6 Å². The van der Waals surface area contributed by atoms with Gasteiger partial charge in [-0.05, 0) is 42.0 Å². The number of benzene rings is 2. The number of nitrogens with one attached hydrogen (secondary N) is 1. The van der Waals surface area contributed by atoms with Gasteiger partial charge in [0, 0.05) is 35.1 Å². The molecule has 0 aliphatic carbocycles. The van der Waals surface area contributed by atoms with E-state index >= 15 is 0 Å². The molecule has 1 aliphatic rings. The fourth-order valence-corrected chi connectivity index (χ4v) is 3.61. The second-order valence-electron chi connectivity index (χ2n) is 6.53. The molecule has 0 saturated carbocycles. The Hall–Kier alpha value is -2.64. The van der Waals surface area contributed by atoms with E-state index in [-0.39, 0.29) is 30.3 Å². The van der Waals surface area contributed by atoms with Gasteiger partial charge in [0.1, 0.15) is 5.76 Å². The molecule has 8 heteroatoms. The Morgan fingerprint density at radius 1 is 1.14 bits per heavy atom. The largest absolute Gasteiger partial charge is 0.507 e. The molecule has 150 valence electrons. The van der Waals surface area contributed by atoms with Crippen LogP contribution in [0.3, 0.4) is 0 Å². The number of halogens is 2. The quantitative estimate of drug-likeness (QED) is 0.391. The molecule has 1 atom stereocenters. The fourth-order valence-electron chi connectivity index (χ4n) is 3.22. The third-order valence-electron chi connectivity index (χ3n) is 4.57. The Bertz CT molecular complexity index is 987. The average molecular weight is 478 g/mol. The van der Waals surface area contributed by atoms with Crippen molar-refractivity contribution in [3.63, 3.8) is 0 Å². The van der Waals surface area contributed by atoms with Crippen LogP contribution in [0.2, 0.25) is 5.02 Å². The summed E-state index contributed by atoms with van der Waals surface area (Å²) in [5.41, 5.74) is 1.06. The van der Waals surface area contributed by atoms with Gasteiger partial charge in [-0.2, -0.15) is 0 Å². The van der Waals surface area contributed by atoms with Gasteiger partial charge in [0.15, 0.2) is 0 Å². The van der Waals surface area contributed by atoms with Crippen LogP contribution >= 0.6 is 27.5 Å². The molecule has 2 aromatic rings. The van der Waals surface area contributed by atoms with Crippen molar-refractivity contribution in [1.29, 1.82) is 0 Å². The van der Waals surface area contributed by atoms with Gasteiger partial charge in [-0.3, -0.25) is 14.4 Å². The number of Topliss-reactive ketones (excluding diaryl/α,β-unsaturated/α-hetero) is 1. The summed E-state index contributed by atoms with van der Waals surface area (Å²) in [4.78, 5) is 38.1. The molecule has 3 rings (SSSR count). The molecular weight excluding hydrogens is 460 g/mol. The maximum absolute atomic E-state index is 12.8. The molecular formula is C21H18BrClN2O4. The van der Waals surface area contributed by atoms with E-state index in [1.807, 2.05) is 0 Å². The number of aliphatic hydroxyl groups is 1. The smallest absolute Gasteiger partial charge is 0.295 e.